The van der Waals surface area contributed by atoms with Crippen molar-refractivity contribution in [3.05, 3.63) is 102 Å². The van der Waals surface area contributed by atoms with Crippen molar-refractivity contribution in [1.82, 2.24) is 10.2 Å². The van der Waals surface area contributed by atoms with Gasteiger partial charge < -0.3 is 15.0 Å². The van der Waals surface area contributed by atoms with E-state index < -0.39 is 6.04 Å². The van der Waals surface area contributed by atoms with E-state index >= 15 is 0 Å². The predicted molar refractivity (Wildman–Crippen MR) is 140 cm³/mol. The molecule has 0 aliphatic rings. The lowest BCUT2D eigenvalue weighted by molar-refractivity contribution is -0.140. The highest BCUT2D eigenvalue weighted by atomic mass is 16.5. The van der Waals surface area contributed by atoms with Crippen LogP contribution >= 0.6 is 0 Å². The van der Waals surface area contributed by atoms with Crippen LogP contribution in [0.4, 0.5) is 0 Å². The van der Waals surface area contributed by atoms with Crippen LogP contribution in [0.5, 0.6) is 5.75 Å². The number of carbonyl (C=O) groups is 2. The van der Waals surface area contributed by atoms with Crippen LogP contribution in [0.3, 0.4) is 0 Å². The van der Waals surface area contributed by atoms with Gasteiger partial charge in [0.2, 0.25) is 11.8 Å². The first-order chi connectivity index (χ1) is 17.1. The zero-order valence-electron chi connectivity index (χ0n) is 20.8. The van der Waals surface area contributed by atoms with Gasteiger partial charge in [0.05, 0.1) is 13.5 Å². The minimum Gasteiger partial charge on any atom is -0.497 e. The zero-order valence-corrected chi connectivity index (χ0v) is 20.8. The largest absolute Gasteiger partial charge is 0.497 e. The molecule has 0 saturated carbocycles. The normalized spacial score (nSPS) is 11.5. The first-order valence-electron chi connectivity index (χ1n) is 12.4. The quantitative estimate of drug-likeness (QED) is 0.349. The highest BCUT2D eigenvalue weighted by molar-refractivity contribution is 5.88. The number of unbranched alkanes of at least 4 members (excludes halogenated alkanes) is 2. The average Bonchev–Trinajstić information content (AvgIpc) is 2.90. The molecule has 2 amide bonds. The van der Waals surface area contributed by atoms with Gasteiger partial charge >= 0.3 is 0 Å². The lowest BCUT2D eigenvalue weighted by Crippen LogP contribution is -2.51. The third-order valence-corrected chi connectivity index (χ3v) is 6.06. The Kier molecular flexibility index (Phi) is 10.4. The van der Waals surface area contributed by atoms with E-state index in [1.807, 2.05) is 84.9 Å². The molecule has 3 aromatic carbocycles. The summed E-state index contributed by atoms with van der Waals surface area (Å²) in [7, 11) is 1.63. The van der Waals surface area contributed by atoms with Gasteiger partial charge in [0, 0.05) is 19.5 Å². The number of amides is 2. The third kappa shape index (κ3) is 8.29. The molecule has 1 atom stereocenters. The number of rotatable bonds is 13. The van der Waals surface area contributed by atoms with Crippen molar-refractivity contribution in [1.29, 1.82) is 0 Å². The van der Waals surface area contributed by atoms with Crippen molar-refractivity contribution in [2.75, 3.05) is 13.7 Å². The van der Waals surface area contributed by atoms with Crippen molar-refractivity contribution in [3.63, 3.8) is 0 Å². The van der Waals surface area contributed by atoms with Crippen LogP contribution in [0.15, 0.2) is 84.9 Å². The van der Waals surface area contributed by atoms with Crippen LogP contribution in [0.1, 0.15) is 42.9 Å². The summed E-state index contributed by atoms with van der Waals surface area (Å²) in [5, 5.41) is 3.09. The standard InChI is InChI=1S/C30H36N2O3/c1-3-4-11-20-31-30(34)28(21-24-12-7-5-8-13-24)32(23-26-16-18-27(35-2)19-17-26)29(33)22-25-14-9-6-10-15-25/h5-10,12-19,28H,3-4,11,20-23H2,1-2H3,(H,31,34). The molecule has 0 saturated heterocycles. The van der Waals surface area contributed by atoms with Crippen molar-refractivity contribution in [2.45, 2.75) is 51.6 Å². The predicted octanol–water partition coefficient (Wildman–Crippen LogP) is 5.18. The second-order valence-electron chi connectivity index (χ2n) is 8.74. The molecule has 3 rings (SSSR count). The fourth-order valence-electron chi connectivity index (χ4n) is 4.06. The summed E-state index contributed by atoms with van der Waals surface area (Å²) >= 11 is 0. The average molecular weight is 473 g/mol. The summed E-state index contributed by atoms with van der Waals surface area (Å²) in [4.78, 5) is 28.9. The Hall–Kier alpha value is -3.60. The smallest absolute Gasteiger partial charge is 0.243 e. The Balaban J connectivity index is 1.90. The molecule has 5 heteroatoms. The van der Waals surface area contributed by atoms with Crippen LogP contribution in [0, 0.1) is 0 Å². The van der Waals surface area contributed by atoms with Crippen molar-refractivity contribution >= 4 is 11.8 Å². The Labute approximate surface area is 209 Å². The van der Waals surface area contributed by atoms with Crippen LogP contribution in [0.2, 0.25) is 0 Å². The molecule has 1 unspecified atom stereocenters. The van der Waals surface area contributed by atoms with Gasteiger partial charge in [0.15, 0.2) is 0 Å². The van der Waals surface area contributed by atoms with Crippen LogP contribution in [0.25, 0.3) is 0 Å². The number of ether oxygens (including phenoxy) is 1. The van der Waals surface area contributed by atoms with E-state index in [2.05, 4.69) is 12.2 Å². The molecule has 3 aromatic rings. The highest BCUT2D eigenvalue weighted by Crippen LogP contribution is 2.18. The molecule has 0 aliphatic carbocycles. The Morgan fingerprint density at radius 3 is 2.06 bits per heavy atom. The molecule has 1 N–H and O–H groups in total. The van der Waals surface area contributed by atoms with Crippen molar-refractivity contribution < 1.29 is 14.3 Å². The van der Waals surface area contributed by atoms with E-state index in [1.54, 1.807) is 12.0 Å². The number of nitrogens with one attached hydrogen (secondary N) is 1. The number of carbonyl (C=O) groups excluding carboxylic acids is 2. The Morgan fingerprint density at radius 2 is 1.46 bits per heavy atom. The molecular formula is C30H36N2O3. The Bertz CT molecular complexity index is 1040. The molecule has 35 heavy (non-hydrogen) atoms. The SMILES string of the molecule is CCCCCNC(=O)C(Cc1ccccc1)N(Cc1ccc(OC)cc1)C(=O)Cc1ccccc1. The molecule has 0 fully saturated rings. The van der Waals surface area contributed by atoms with Gasteiger partial charge in [-0.15, -0.1) is 0 Å². The Morgan fingerprint density at radius 1 is 0.829 bits per heavy atom. The number of hydrogen-bond acceptors (Lipinski definition) is 3. The molecule has 0 aromatic heterocycles. The molecular weight excluding hydrogens is 436 g/mol. The van der Waals surface area contributed by atoms with Gasteiger partial charge in [-0.2, -0.15) is 0 Å². The molecule has 0 spiro atoms. The van der Waals surface area contributed by atoms with E-state index in [-0.39, 0.29) is 18.2 Å². The minimum absolute atomic E-state index is 0.0725. The third-order valence-electron chi connectivity index (χ3n) is 6.06. The van der Waals surface area contributed by atoms with Crippen LogP contribution < -0.4 is 10.1 Å². The maximum Gasteiger partial charge on any atom is 0.243 e. The number of nitrogens with zero attached hydrogens (tertiary/aromatic N) is 1. The lowest BCUT2D eigenvalue weighted by Gasteiger charge is -2.32. The van der Waals surface area contributed by atoms with Gasteiger partial charge in [-0.3, -0.25) is 9.59 Å². The summed E-state index contributed by atoms with van der Waals surface area (Å²) < 4.78 is 5.28. The van der Waals surface area contributed by atoms with E-state index in [0.29, 0.717) is 19.5 Å². The van der Waals surface area contributed by atoms with Gasteiger partial charge in [-0.1, -0.05) is 92.6 Å². The maximum absolute atomic E-state index is 13.7. The topological polar surface area (TPSA) is 58.6 Å². The second kappa shape index (κ2) is 14.0. The summed E-state index contributed by atoms with van der Waals surface area (Å²) in [6.07, 6.45) is 3.77. The molecule has 184 valence electrons. The fraction of sp³-hybridized carbons (Fsp3) is 0.333. The summed E-state index contributed by atoms with van der Waals surface area (Å²) in [5.41, 5.74) is 2.90. The van der Waals surface area contributed by atoms with E-state index in [9.17, 15) is 9.59 Å². The molecule has 0 radical (unpaired) electrons. The molecule has 0 aliphatic heterocycles. The lowest BCUT2D eigenvalue weighted by atomic mass is 10.0. The van der Waals surface area contributed by atoms with Crippen molar-refractivity contribution in [3.8, 4) is 5.75 Å². The van der Waals surface area contributed by atoms with E-state index in [0.717, 1.165) is 41.7 Å². The highest BCUT2D eigenvalue weighted by Gasteiger charge is 2.30. The van der Waals surface area contributed by atoms with Crippen molar-refractivity contribution in [2.24, 2.45) is 0 Å². The monoisotopic (exact) mass is 472 g/mol. The van der Waals surface area contributed by atoms with Gasteiger partial charge in [0.1, 0.15) is 11.8 Å². The molecule has 0 heterocycles. The number of benzene rings is 3. The summed E-state index contributed by atoms with van der Waals surface area (Å²) in [6, 6.07) is 26.6. The first kappa shape index (κ1) is 26.0. The number of methoxy groups -OCH3 is 1. The van der Waals surface area contributed by atoms with E-state index in [1.165, 1.54) is 0 Å². The zero-order chi connectivity index (χ0) is 24.9. The van der Waals surface area contributed by atoms with Gasteiger partial charge in [-0.25, -0.2) is 0 Å². The van der Waals surface area contributed by atoms with Gasteiger partial charge in [-0.05, 0) is 35.2 Å². The summed E-state index contributed by atoms with van der Waals surface area (Å²) in [6.45, 7) is 3.09. The number of hydrogen-bond donors (Lipinski definition) is 1. The summed E-state index contributed by atoms with van der Waals surface area (Å²) in [5.74, 6) is 0.571. The fourth-order valence-corrected chi connectivity index (χ4v) is 4.06. The first-order valence-corrected chi connectivity index (χ1v) is 12.4. The van der Waals surface area contributed by atoms with Gasteiger partial charge in [0.25, 0.3) is 0 Å². The second-order valence-corrected chi connectivity index (χ2v) is 8.74. The minimum atomic E-state index is -0.614. The maximum atomic E-state index is 13.7. The molecule has 0 bridgehead atoms. The molecule has 5 nitrogen and oxygen atoms in total. The van der Waals surface area contributed by atoms with E-state index in [4.69, 9.17) is 4.74 Å². The van der Waals surface area contributed by atoms with Crippen LogP contribution in [-0.4, -0.2) is 36.4 Å². The van der Waals surface area contributed by atoms with Crippen LogP contribution in [-0.2, 0) is 29.0 Å².